The fourth-order valence-electron chi connectivity index (χ4n) is 2.90. The van der Waals surface area contributed by atoms with Gasteiger partial charge in [-0.3, -0.25) is 4.79 Å². The minimum absolute atomic E-state index is 0.0601. The molecule has 1 aromatic heterocycles. The Morgan fingerprint density at radius 3 is 2.95 bits per heavy atom. The number of carbonyl (C=O) groups is 1. The molecule has 0 unspecified atom stereocenters. The SMILES string of the molecule is C=CC(=O)N1Cc2sc(Cl)cc2[C@H](c2ccccc2OC)C1. The van der Waals surface area contributed by atoms with E-state index in [0.717, 1.165) is 20.5 Å². The quantitative estimate of drug-likeness (QED) is 0.792. The molecule has 3 rings (SSSR count). The molecule has 22 heavy (non-hydrogen) atoms. The van der Waals surface area contributed by atoms with Crippen LogP contribution in [0.25, 0.3) is 0 Å². The largest absolute Gasteiger partial charge is 0.496 e. The number of rotatable bonds is 3. The van der Waals surface area contributed by atoms with Crippen LogP contribution in [-0.2, 0) is 11.3 Å². The summed E-state index contributed by atoms with van der Waals surface area (Å²) in [6.45, 7) is 4.78. The van der Waals surface area contributed by atoms with Gasteiger partial charge >= 0.3 is 0 Å². The van der Waals surface area contributed by atoms with Gasteiger partial charge < -0.3 is 9.64 Å². The number of para-hydroxylation sites is 1. The summed E-state index contributed by atoms with van der Waals surface area (Å²) in [4.78, 5) is 15.0. The third-order valence-corrected chi connectivity index (χ3v) is 5.19. The number of hydrogen-bond donors (Lipinski definition) is 0. The minimum Gasteiger partial charge on any atom is -0.496 e. The van der Waals surface area contributed by atoms with Crippen molar-refractivity contribution in [3.63, 3.8) is 0 Å². The highest BCUT2D eigenvalue weighted by atomic mass is 35.5. The number of ether oxygens (including phenoxy) is 1. The van der Waals surface area contributed by atoms with Gasteiger partial charge in [0.1, 0.15) is 5.75 Å². The van der Waals surface area contributed by atoms with Crippen molar-refractivity contribution in [2.45, 2.75) is 12.5 Å². The monoisotopic (exact) mass is 333 g/mol. The highest BCUT2D eigenvalue weighted by Crippen LogP contribution is 2.42. The second-order valence-corrected chi connectivity index (χ2v) is 6.91. The topological polar surface area (TPSA) is 29.5 Å². The molecular formula is C17H16ClNO2S. The molecule has 0 saturated carbocycles. The Kier molecular flexibility index (Phi) is 4.23. The fraction of sp³-hybridized carbons (Fsp3) is 0.235. The Bertz CT molecular complexity index is 725. The van der Waals surface area contributed by atoms with Gasteiger partial charge in [0.25, 0.3) is 0 Å². The first kappa shape index (κ1) is 15.1. The van der Waals surface area contributed by atoms with Gasteiger partial charge in [-0.05, 0) is 23.8 Å². The van der Waals surface area contributed by atoms with E-state index in [1.54, 1.807) is 12.0 Å². The molecule has 1 aromatic carbocycles. The van der Waals surface area contributed by atoms with Crippen molar-refractivity contribution in [3.05, 3.63) is 63.3 Å². The molecule has 3 nitrogen and oxygen atoms in total. The number of carbonyl (C=O) groups excluding carboxylic acids is 1. The molecule has 0 aliphatic carbocycles. The fourth-order valence-corrected chi connectivity index (χ4v) is 4.26. The number of thiophene rings is 1. The first-order chi connectivity index (χ1) is 10.6. The standard InChI is InChI=1S/C17H16ClNO2S/c1-3-17(20)19-9-13(11-6-4-5-7-14(11)21-2)12-8-16(18)22-15(12)10-19/h3-8,13H,1,9-10H2,2H3/t13-/m0/s1. The van der Waals surface area contributed by atoms with Gasteiger partial charge in [0.2, 0.25) is 5.91 Å². The number of benzene rings is 1. The van der Waals surface area contributed by atoms with Crippen LogP contribution in [0.3, 0.4) is 0 Å². The molecule has 0 radical (unpaired) electrons. The Labute approximate surface area is 138 Å². The van der Waals surface area contributed by atoms with E-state index in [1.165, 1.54) is 23.0 Å². The molecule has 114 valence electrons. The molecule has 2 aromatic rings. The smallest absolute Gasteiger partial charge is 0.246 e. The highest BCUT2D eigenvalue weighted by molar-refractivity contribution is 7.16. The molecule has 1 aliphatic heterocycles. The van der Waals surface area contributed by atoms with Gasteiger partial charge in [-0.25, -0.2) is 0 Å². The molecule has 0 saturated heterocycles. The summed E-state index contributed by atoms with van der Waals surface area (Å²) in [7, 11) is 1.66. The van der Waals surface area contributed by atoms with Crippen LogP contribution in [0.15, 0.2) is 43.0 Å². The Morgan fingerprint density at radius 1 is 1.45 bits per heavy atom. The third kappa shape index (κ3) is 2.64. The van der Waals surface area contributed by atoms with Crippen LogP contribution in [0.1, 0.15) is 21.9 Å². The summed E-state index contributed by atoms with van der Waals surface area (Å²) in [5.74, 6) is 0.830. The van der Waals surface area contributed by atoms with Gasteiger partial charge in [0.15, 0.2) is 0 Å². The Hall–Kier alpha value is -1.78. The minimum atomic E-state index is -0.0601. The maximum atomic E-state index is 12.1. The van der Waals surface area contributed by atoms with Crippen molar-refractivity contribution in [3.8, 4) is 5.75 Å². The Morgan fingerprint density at radius 2 is 2.23 bits per heavy atom. The van der Waals surface area contributed by atoms with E-state index >= 15 is 0 Å². The third-order valence-electron chi connectivity index (χ3n) is 3.93. The first-order valence-electron chi connectivity index (χ1n) is 6.96. The predicted molar refractivity (Wildman–Crippen MR) is 89.8 cm³/mol. The molecule has 0 spiro atoms. The number of hydrogen-bond acceptors (Lipinski definition) is 3. The number of methoxy groups -OCH3 is 1. The second kappa shape index (κ2) is 6.15. The first-order valence-corrected chi connectivity index (χ1v) is 8.16. The molecule has 5 heteroatoms. The summed E-state index contributed by atoms with van der Waals surface area (Å²) in [6, 6.07) is 9.92. The van der Waals surface area contributed by atoms with Crippen molar-refractivity contribution in [2.75, 3.05) is 13.7 Å². The molecule has 0 bridgehead atoms. The summed E-state index contributed by atoms with van der Waals surface area (Å²) in [5, 5.41) is 0. The molecule has 0 N–H and O–H groups in total. The van der Waals surface area contributed by atoms with Gasteiger partial charge in [-0.15, -0.1) is 11.3 Å². The molecule has 1 atom stereocenters. The van der Waals surface area contributed by atoms with Crippen LogP contribution in [0.5, 0.6) is 5.75 Å². The number of nitrogens with zero attached hydrogens (tertiary/aromatic N) is 1. The van der Waals surface area contributed by atoms with E-state index in [-0.39, 0.29) is 11.8 Å². The van der Waals surface area contributed by atoms with E-state index in [4.69, 9.17) is 16.3 Å². The van der Waals surface area contributed by atoms with Crippen molar-refractivity contribution in [1.29, 1.82) is 0 Å². The zero-order chi connectivity index (χ0) is 15.7. The zero-order valence-electron chi connectivity index (χ0n) is 12.2. The van der Waals surface area contributed by atoms with Crippen molar-refractivity contribution in [1.82, 2.24) is 4.90 Å². The van der Waals surface area contributed by atoms with Crippen LogP contribution in [-0.4, -0.2) is 24.5 Å². The predicted octanol–water partition coefficient (Wildman–Crippen LogP) is 4.07. The van der Waals surface area contributed by atoms with Crippen LogP contribution in [0.2, 0.25) is 4.34 Å². The average Bonchev–Trinajstić information content (AvgIpc) is 2.93. The lowest BCUT2D eigenvalue weighted by molar-refractivity contribution is -0.127. The molecule has 0 fully saturated rings. The lowest BCUT2D eigenvalue weighted by atomic mass is 9.88. The van der Waals surface area contributed by atoms with E-state index in [1.807, 2.05) is 30.3 Å². The van der Waals surface area contributed by atoms with Gasteiger partial charge in [-0.1, -0.05) is 36.4 Å². The number of fused-ring (bicyclic) bond motifs is 1. The maximum absolute atomic E-state index is 12.1. The molecule has 1 amide bonds. The van der Waals surface area contributed by atoms with Crippen LogP contribution < -0.4 is 4.74 Å². The molecule has 2 heterocycles. The normalized spacial score (nSPS) is 17.0. The van der Waals surface area contributed by atoms with E-state index in [9.17, 15) is 4.79 Å². The van der Waals surface area contributed by atoms with Crippen molar-refractivity contribution >= 4 is 28.8 Å². The van der Waals surface area contributed by atoms with E-state index in [0.29, 0.717) is 13.1 Å². The number of amides is 1. The summed E-state index contributed by atoms with van der Waals surface area (Å²) in [6.07, 6.45) is 1.36. The second-order valence-electron chi connectivity index (χ2n) is 5.15. The lowest BCUT2D eigenvalue weighted by Crippen LogP contribution is -2.37. The highest BCUT2D eigenvalue weighted by Gasteiger charge is 2.31. The summed E-state index contributed by atoms with van der Waals surface area (Å²) < 4.78 is 6.24. The van der Waals surface area contributed by atoms with Gasteiger partial charge in [0, 0.05) is 22.9 Å². The van der Waals surface area contributed by atoms with Crippen LogP contribution in [0, 0.1) is 0 Å². The van der Waals surface area contributed by atoms with Gasteiger partial charge in [0.05, 0.1) is 18.0 Å². The van der Waals surface area contributed by atoms with Gasteiger partial charge in [-0.2, -0.15) is 0 Å². The zero-order valence-corrected chi connectivity index (χ0v) is 13.8. The summed E-state index contributed by atoms with van der Waals surface area (Å²) in [5.41, 5.74) is 2.26. The average molecular weight is 334 g/mol. The number of halogens is 1. The van der Waals surface area contributed by atoms with Crippen molar-refractivity contribution < 1.29 is 9.53 Å². The van der Waals surface area contributed by atoms with Crippen LogP contribution >= 0.6 is 22.9 Å². The van der Waals surface area contributed by atoms with Crippen molar-refractivity contribution in [2.24, 2.45) is 0 Å². The van der Waals surface area contributed by atoms with E-state index in [2.05, 4.69) is 6.58 Å². The lowest BCUT2D eigenvalue weighted by Gasteiger charge is -2.33. The molecule has 1 aliphatic rings. The maximum Gasteiger partial charge on any atom is 0.246 e. The molecular weight excluding hydrogens is 318 g/mol. The summed E-state index contributed by atoms with van der Waals surface area (Å²) >= 11 is 7.73. The van der Waals surface area contributed by atoms with E-state index < -0.39 is 0 Å². The van der Waals surface area contributed by atoms with Crippen LogP contribution in [0.4, 0.5) is 0 Å². The Balaban J connectivity index is 2.08.